The van der Waals surface area contributed by atoms with Crippen molar-refractivity contribution in [2.24, 2.45) is 0 Å². The third kappa shape index (κ3) is 10.3. The van der Waals surface area contributed by atoms with Crippen LogP contribution in [0.3, 0.4) is 0 Å². The standard InChI is InChI=1S/C49H52N2O6/c1-3-5-7-9-29-53-42-21-17-36(18-22-42)31-38(33-50)35-55-57-45-16-12-14-40-26-28-49(47(40)45)27-25-39-13-11-15-44(46(39)49)56-48(52)41(34-51)32-37-19-23-43(24-20-37)54-30-10-8-6-4-2/h11-24,31-32H,3-10,25-30,35H2,1-2H3/b38-31+,41-32?. The molecule has 8 heteroatoms. The Morgan fingerprint density at radius 1 is 0.667 bits per heavy atom. The van der Waals surface area contributed by atoms with Crippen molar-refractivity contribution in [3.63, 3.8) is 0 Å². The zero-order chi connectivity index (χ0) is 39.9. The molecule has 6 rings (SSSR count). The number of carbonyl (C=O) groups is 1. The van der Waals surface area contributed by atoms with E-state index in [0.29, 0.717) is 35.8 Å². The minimum atomic E-state index is -0.712. The monoisotopic (exact) mass is 764 g/mol. The van der Waals surface area contributed by atoms with Crippen LogP contribution in [0.4, 0.5) is 0 Å². The van der Waals surface area contributed by atoms with E-state index in [-0.39, 0.29) is 12.2 Å². The highest BCUT2D eigenvalue weighted by molar-refractivity contribution is 5.99. The molecule has 4 aromatic rings. The van der Waals surface area contributed by atoms with Gasteiger partial charge in [0.2, 0.25) is 0 Å². The Morgan fingerprint density at radius 2 is 1.21 bits per heavy atom. The lowest BCUT2D eigenvalue weighted by Gasteiger charge is -2.29. The number of nitrogens with zero attached hydrogens (tertiary/aromatic N) is 2. The topological polar surface area (TPSA) is 111 Å². The van der Waals surface area contributed by atoms with E-state index in [1.807, 2.05) is 72.8 Å². The molecule has 0 heterocycles. The number of unbranched alkanes of at least 4 members (excludes halogenated alkanes) is 6. The van der Waals surface area contributed by atoms with Crippen LogP contribution in [-0.4, -0.2) is 25.8 Å². The van der Waals surface area contributed by atoms with Gasteiger partial charge in [-0.05, 0) is 109 Å². The summed E-state index contributed by atoms with van der Waals surface area (Å²) in [6, 6.07) is 31.0. The summed E-state index contributed by atoms with van der Waals surface area (Å²) in [6.07, 6.45) is 15.7. The predicted octanol–water partition coefficient (Wildman–Crippen LogP) is 11.2. The smallest absolute Gasteiger partial charge is 0.354 e. The highest BCUT2D eigenvalue weighted by Crippen LogP contribution is 2.57. The molecule has 57 heavy (non-hydrogen) atoms. The second kappa shape index (κ2) is 20.4. The van der Waals surface area contributed by atoms with Crippen LogP contribution in [0.5, 0.6) is 23.0 Å². The average Bonchev–Trinajstić information content (AvgIpc) is 3.82. The van der Waals surface area contributed by atoms with Crippen molar-refractivity contribution in [3.8, 4) is 35.1 Å². The summed E-state index contributed by atoms with van der Waals surface area (Å²) in [6.45, 7) is 5.68. The lowest BCUT2D eigenvalue weighted by Crippen LogP contribution is -2.24. The maximum Gasteiger partial charge on any atom is 0.354 e. The lowest BCUT2D eigenvalue weighted by molar-refractivity contribution is -0.197. The van der Waals surface area contributed by atoms with E-state index >= 15 is 0 Å². The fourth-order valence-electron chi connectivity index (χ4n) is 7.94. The van der Waals surface area contributed by atoms with E-state index in [1.165, 1.54) is 25.7 Å². The fourth-order valence-corrected chi connectivity index (χ4v) is 7.94. The van der Waals surface area contributed by atoms with Gasteiger partial charge in [-0.2, -0.15) is 15.4 Å². The lowest BCUT2D eigenvalue weighted by atomic mass is 9.76. The summed E-state index contributed by atoms with van der Waals surface area (Å²) in [5, 5.41) is 19.9. The van der Waals surface area contributed by atoms with Crippen LogP contribution < -0.4 is 19.1 Å². The number of fused-ring (bicyclic) bond motifs is 4. The molecular weight excluding hydrogens is 713 g/mol. The van der Waals surface area contributed by atoms with Crippen molar-refractivity contribution >= 4 is 18.1 Å². The Morgan fingerprint density at radius 3 is 1.75 bits per heavy atom. The van der Waals surface area contributed by atoms with Gasteiger partial charge in [0, 0.05) is 16.5 Å². The first kappa shape index (κ1) is 40.8. The summed E-state index contributed by atoms with van der Waals surface area (Å²) in [4.78, 5) is 25.4. The number of aryl methyl sites for hydroxylation is 2. The van der Waals surface area contributed by atoms with Crippen molar-refractivity contribution in [2.45, 2.75) is 96.3 Å². The molecule has 4 aromatic carbocycles. The van der Waals surface area contributed by atoms with Crippen LogP contribution >= 0.6 is 0 Å². The molecule has 1 spiro atoms. The van der Waals surface area contributed by atoms with E-state index < -0.39 is 11.4 Å². The number of carbonyl (C=O) groups excluding carboxylic acids is 1. The van der Waals surface area contributed by atoms with Crippen molar-refractivity contribution in [3.05, 3.63) is 129 Å². The molecule has 0 saturated carbocycles. The van der Waals surface area contributed by atoms with Crippen LogP contribution in [0.25, 0.3) is 12.2 Å². The number of nitriles is 2. The number of benzene rings is 4. The number of hydrogen-bond acceptors (Lipinski definition) is 8. The molecule has 294 valence electrons. The highest BCUT2D eigenvalue weighted by atomic mass is 17.2. The Labute approximate surface area is 337 Å². The van der Waals surface area contributed by atoms with Gasteiger partial charge in [-0.25, -0.2) is 4.79 Å². The molecule has 0 amide bonds. The van der Waals surface area contributed by atoms with Crippen LogP contribution in [0, 0.1) is 22.7 Å². The first-order chi connectivity index (χ1) is 28.0. The van der Waals surface area contributed by atoms with Crippen LogP contribution in [0.15, 0.2) is 96.1 Å². The number of esters is 1. The van der Waals surface area contributed by atoms with Crippen molar-refractivity contribution in [2.75, 3.05) is 19.8 Å². The van der Waals surface area contributed by atoms with Gasteiger partial charge in [-0.15, -0.1) is 0 Å². The van der Waals surface area contributed by atoms with Gasteiger partial charge >= 0.3 is 5.97 Å². The summed E-state index contributed by atoms with van der Waals surface area (Å²) in [5.74, 6) is 1.86. The molecule has 0 saturated heterocycles. The minimum Gasteiger partial charge on any atom is -0.494 e. The molecule has 8 nitrogen and oxygen atoms in total. The Balaban J connectivity index is 1.13. The van der Waals surface area contributed by atoms with E-state index in [2.05, 4.69) is 32.0 Å². The van der Waals surface area contributed by atoms with Gasteiger partial charge in [0.25, 0.3) is 0 Å². The summed E-state index contributed by atoms with van der Waals surface area (Å²) in [7, 11) is 0. The Bertz CT molecular complexity index is 2120. The van der Waals surface area contributed by atoms with Crippen molar-refractivity contribution < 1.29 is 28.8 Å². The van der Waals surface area contributed by atoms with Crippen molar-refractivity contribution in [1.29, 1.82) is 10.5 Å². The van der Waals surface area contributed by atoms with E-state index in [0.717, 1.165) is 90.7 Å². The van der Waals surface area contributed by atoms with E-state index in [4.69, 9.17) is 24.0 Å². The molecule has 0 aliphatic heterocycles. The molecule has 0 N–H and O–H groups in total. The van der Waals surface area contributed by atoms with E-state index in [1.54, 1.807) is 18.2 Å². The molecule has 2 aliphatic rings. The van der Waals surface area contributed by atoms with Gasteiger partial charge in [0.05, 0.1) is 24.9 Å². The highest BCUT2D eigenvalue weighted by Gasteiger charge is 2.49. The minimum absolute atomic E-state index is 0.0413. The summed E-state index contributed by atoms with van der Waals surface area (Å²) in [5.41, 5.74) is 5.59. The third-order valence-electron chi connectivity index (χ3n) is 10.8. The molecule has 1 atom stereocenters. The molecule has 0 fully saturated rings. The predicted molar refractivity (Wildman–Crippen MR) is 222 cm³/mol. The second-order valence-electron chi connectivity index (χ2n) is 14.8. The molecular formula is C49H52N2O6. The molecule has 0 radical (unpaired) electrons. The SMILES string of the molecule is CCCCCCOc1ccc(C=C(C#N)C(=O)Oc2cccc3c2C2(CCc4cccc(OOC/C(C#N)=C/c5ccc(OCCCCCC)cc5)c42)CC3)cc1. The van der Waals surface area contributed by atoms with Gasteiger partial charge < -0.3 is 19.1 Å². The fraction of sp³-hybridized carbons (Fsp3) is 0.367. The molecule has 0 bridgehead atoms. The largest absolute Gasteiger partial charge is 0.494 e. The molecule has 1 unspecified atom stereocenters. The van der Waals surface area contributed by atoms with E-state index in [9.17, 15) is 15.3 Å². The third-order valence-corrected chi connectivity index (χ3v) is 10.8. The maximum absolute atomic E-state index is 13.6. The van der Waals surface area contributed by atoms with Crippen LogP contribution in [0.2, 0.25) is 0 Å². The number of ether oxygens (including phenoxy) is 3. The molecule has 2 aliphatic carbocycles. The van der Waals surface area contributed by atoms with Gasteiger partial charge in [-0.1, -0.05) is 101 Å². The first-order valence-electron chi connectivity index (χ1n) is 20.4. The zero-order valence-corrected chi connectivity index (χ0v) is 33.2. The van der Waals surface area contributed by atoms with Crippen LogP contribution in [0.1, 0.15) is 111 Å². The second-order valence-corrected chi connectivity index (χ2v) is 14.8. The molecule has 0 aromatic heterocycles. The maximum atomic E-state index is 13.6. The quantitative estimate of drug-likeness (QED) is 0.0166. The van der Waals surface area contributed by atoms with Gasteiger partial charge in [-0.3, -0.25) is 0 Å². The zero-order valence-electron chi connectivity index (χ0n) is 33.2. The summed E-state index contributed by atoms with van der Waals surface area (Å²) >= 11 is 0. The van der Waals surface area contributed by atoms with Gasteiger partial charge in [0.15, 0.2) is 5.75 Å². The Kier molecular flexibility index (Phi) is 14.6. The van der Waals surface area contributed by atoms with Gasteiger partial charge in [0.1, 0.15) is 35.5 Å². The first-order valence-corrected chi connectivity index (χ1v) is 20.4. The van der Waals surface area contributed by atoms with Crippen LogP contribution in [-0.2, 0) is 27.9 Å². The Hall–Kier alpha value is -5.83. The number of rotatable bonds is 20. The normalized spacial score (nSPS) is 15.7. The van der Waals surface area contributed by atoms with Crippen molar-refractivity contribution in [1.82, 2.24) is 0 Å². The summed E-state index contributed by atoms with van der Waals surface area (Å²) < 4.78 is 17.8. The number of hydrogen-bond donors (Lipinski definition) is 0. The average molecular weight is 765 g/mol.